The van der Waals surface area contributed by atoms with Gasteiger partial charge in [0.15, 0.2) is 0 Å². The van der Waals surface area contributed by atoms with E-state index in [4.69, 9.17) is 0 Å². The van der Waals surface area contributed by atoms with Crippen molar-refractivity contribution < 1.29 is 13.2 Å². The van der Waals surface area contributed by atoms with E-state index in [1.807, 2.05) is 0 Å². The van der Waals surface area contributed by atoms with E-state index in [1.165, 1.54) is 48.9 Å². The molecule has 6 rings (SSSR count). The van der Waals surface area contributed by atoms with Gasteiger partial charge in [0.2, 0.25) is 0 Å². The summed E-state index contributed by atoms with van der Waals surface area (Å²) in [5, 5.41) is 8.00. The van der Waals surface area contributed by atoms with Gasteiger partial charge in [-0.05, 0) is 59.4 Å². The summed E-state index contributed by atoms with van der Waals surface area (Å²) in [7, 11) is 0. The highest BCUT2D eigenvalue weighted by Gasteiger charge is 2.55. The Kier molecular flexibility index (Phi) is 6.38. The fraction of sp³-hybridized carbons (Fsp3) is 0.419. The van der Waals surface area contributed by atoms with Crippen molar-refractivity contribution in [1.29, 1.82) is 0 Å². The average molecular weight is 491 g/mol. The number of nitrogens with one attached hydrogen (secondary N) is 2. The Labute approximate surface area is 211 Å². The normalized spacial score (nSPS) is 29.4. The van der Waals surface area contributed by atoms with E-state index in [0.717, 1.165) is 5.56 Å². The molecule has 3 aromatic carbocycles. The van der Waals surface area contributed by atoms with Gasteiger partial charge in [0.05, 0.1) is 5.56 Å². The summed E-state index contributed by atoms with van der Waals surface area (Å²) in [5.74, 6) is 2.18. The van der Waals surface area contributed by atoms with Gasteiger partial charge in [-0.25, -0.2) is 0 Å². The quantitative estimate of drug-likeness (QED) is 0.398. The molecule has 1 heterocycles. The van der Waals surface area contributed by atoms with Crippen molar-refractivity contribution in [2.24, 2.45) is 17.8 Å². The molecule has 3 fully saturated rings. The van der Waals surface area contributed by atoms with Gasteiger partial charge in [0.25, 0.3) is 0 Å². The van der Waals surface area contributed by atoms with E-state index >= 15 is 0 Å². The number of hydrogen-bond acceptors (Lipinski definition) is 2. The van der Waals surface area contributed by atoms with Crippen molar-refractivity contribution in [2.75, 3.05) is 0 Å². The molecule has 0 aromatic heterocycles. The zero-order valence-corrected chi connectivity index (χ0v) is 20.3. The van der Waals surface area contributed by atoms with E-state index in [9.17, 15) is 13.2 Å². The van der Waals surface area contributed by atoms with Crippen LogP contribution in [0.3, 0.4) is 0 Å². The van der Waals surface area contributed by atoms with Gasteiger partial charge in [-0.15, -0.1) is 0 Å². The van der Waals surface area contributed by atoms with Gasteiger partial charge < -0.3 is 10.6 Å². The molecule has 2 N–H and O–H groups in total. The van der Waals surface area contributed by atoms with E-state index in [-0.39, 0.29) is 18.0 Å². The number of halogens is 3. The smallest absolute Gasteiger partial charge is 0.308 e. The number of hydrogen-bond donors (Lipinski definition) is 2. The van der Waals surface area contributed by atoms with Gasteiger partial charge in [-0.1, -0.05) is 85.6 Å². The zero-order valence-electron chi connectivity index (χ0n) is 20.3. The van der Waals surface area contributed by atoms with Crippen LogP contribution >= 0.6 is 0 Å². The summed E-state index contributed by atoms with van der Waals surface area (Å²) >= 11 is 0. The monoisotopic (exact) mass is 490 g/mol. The molecule has 3 aromatic rings. The summed E-state index contributed by atoms with van der Waals surface area (Å²) in [6, 6.07) is 28.1. The van der Waals surface area contributed by atoms with Crippen LogP contribution in [0, 0.1) is 17.8 Å². The van der Waals surface area contributed by atoms with Crippen LogP contribution in [-0.4, -0.2) is 18.1 Å². The third-order valence-electron chi connectivity index (χ3n) is 8.93. The summed E-state index contributed by atoms with van der Waals surface area (Å²) in [6.07, 6.45) is 0.790. The molecule has 1 saturated heterocycles. The zero-order chi connectivity index (χ0) is 24.7. The van der Waals surface area contributed by atoms with Crippen molar-refractivity contribution in [3.05, 3.63) is 107 Å². The van der Waals surface area contributed by atoms with Crippen molar-refractivity contribution in [1.82, 2.24) is 10.6 Å². The largest absolute Gasteiger partial charge is 0.416 e. The number of rotatable bonds is 6. The molecule has 5 heteroatoms. The van der Waals surface area contributed by atoms with Crippen LogP contribution in [0.1, 0.15) is 53.9 Å². The molecule has 0 radical (unpaired) electrons. The fourth-order valence-corrected chi connectivity index (χ4v) is 7.48. The van der Waals surface area contributed by atoms with Gasteiger partial charge in [0.1, 0.15) is 0 Å². The molecule has 188 valence electrons. The second kappa shape index (κ2) is 9.68. The molecule has 0 spiro atoms. The molecule has 4 unspecified atom stereocenters. The molecule has 6 atom stereocenters. The lowest BCUT2D eigenvalue weighted by Gasteiger charge is -2.49. The standard InChI is InChI=1S/C31H33F3N2/c32-31(33,34)24-16-14-20(15-17-24)19-35-29-28-23-12-7-13-25(28)26(18-23)36-30(29)27(21-8-3-1-4-9-21)22-10-5-2-6-11-22/h1-6,8-11,14-17,23,25-30,35-36H,7,12-13,18-19H2/t23-,25?,26-,28?,29?,30?/m1/s1. The van der Waals surface area contributed by atoms with Crippen LogP contribution in [0.4, 0.5) is 13.2 Å². The first kappa shape index (κ1) is 23.7. The second-order valence-corrected chi connectivity index (χ2v) is 10.9. The van der Waals surface area contributed by atoms with Crippen LogP contribution in [0.25, 0.3) is 0 Å². The summed E-state index contributed by atoms with van der Waals surface area (Å²) in [4.78, 5) is 0. The molecule has 2 aliphatic carbocycles. The van der Waals surface area contributed by atoms with Crippen LogP contribution in [0.2, 0.25) is 0 Å². The van der Waals surface area contributed by atoms with E-state index in [1.54, 1.807) is 12.1 Å². The molecule has 1 aliphatic heterocycles. The maximum Gasteiger partial charge on any atom is 0.416 e. The Morgan fingerprint density at radius 2 is 1.47 bits per heavy atom. The molecule has 3 aliphatic rings. The third kappa shape index (κ3) is 4.48. The summed E-state index contributed by atoms with van der Waals surface area (Å²) in [6.45, 7) is 0.567. The Morgan fingerprint density at radius 1 is 0.833 bits per heavy atom. The maximum absolute atomic E-state index is 13.1. The lowest BCUT2D eigenvalue weighted by Crippen LogP contribution is -2.63. The van der Waals surface area contributed by atoms with Crippen LogP contribution in [0.15, 0.2) is 84.9 Å². The van der Waals surface area contributed by atoms with E-state index < -0.39 is 11.7 Å². The summed E-state index contributed by atoms with van der Waals surface area (Å²) < 4.78 is 39.2. The van der Waals surface area contributed by atoms with E-state index in [0.29, 0.717) is 30.3 Å². The first-order valence-corrected chi connectivity index (χ1v) is 13.2. The Morgan fingerprint density at radius 3 is 2.08 bits per heavy atom. The van der Waals surface area contributed by atoms with Crippen LogP contribution in [-0.2, 0) is 12.7 Å². The van der Waals surface area contributed by atoms with Gasteiger partial charge in [-0.3, -0.25) is 0 Å². The lowest BCUT2D eigenvalue weighted by molar-refractivity contribution is -0.137. The predicted molar refractivity (Wildman–Crippen MR) is 136 cm³/mol. The molecular formula is C31H33F3N2. The highest BCUT2D eigenvalue weighted by atomic mass is 19.4. The minimum Gasteiger partial charge on any atom is -0.308 e. The topological polar surface area (TPSA) is 24.1 Å². The molecule has 4 bridgehead atoms. The SMILES string of the molecule is FC(F)(F)c1ccc(CNC2C(C(c3ccccc3)c3ccccc3)N[C@@H]3C[C@H]4CCCC3C24)cc1. The Balaban J connectivity index is 1.33. The van der Waals surface area contributed by atoms with Crippen molar-refractivity contribution >= 4 is 0 Å². The highest BCUT2D eigenvalue weighted by molar-refractivity contribution is 5.36. The maximum atomic E-state index is 13.1. The predicted octanol–water partition coefficient (Wildman–Crippen LogP) is 6.77. The number of piperidine rings is 1. The number of alkyl halides is 3. The first-order chi connectivity index (χ1) is 17.5. The molecule has 0 amide bonds. The Hall–Kier alpha value is -2.63. The molecule has 2 saturated carbocycles. The van der Waals surface area contributed by atoms with Crippen molar-refractivity contribution in [3.63, 3.8) is 0 Å². The highest BCUT2D eigenvalue weighted by Crippen LogP contribution is 2.53. The second-order valence-electron chi connectivity index (χ2n) is 10.9. The van der Waals surface area contributed by atoms with Gasteiger partial charge >= 0.3 is 6.18 Å². The minimum absolute atomic E-state index is 0.196. The average Bonchev–Trinajstić information content (AvgIpc) is 3.02. The van der Waals surface area contributed by atoms with Crippen LogP contribution < -0.4 is 10.6 Å². The molecule has 36 heavy (non-hydrogen) atoms. The summed E-state index contributed by atoms with van der Waals surface area (Å²) in [5.41, 5.74) is 2.90. The van der Waals surface area contributed by atoms with E-state index in [2.05, 4.69) is 71.3 Å². The van der Waals surface area contributed by atoms with Gasteiger partial charge in [-0.2, -0.15) is 13.2 Å². The lowest BCUT2D eigenvalue weighted by atomic mass is 9.66. The van der Waals surface area contributed by atoms with Gasteiger partial charge in [0, 0.05) is 30.6 Å². The Bertz CT molecular complexity index is 1110. The molecule has 2 nitrogen and oxygen atoms in total. The minimum atomic E-state index is -4.31. The van der Waals surface area contributed by atoms with Crippen molar-refractivity contribution in [3.8, 4) is 0 Å². The number of benzene rings is 3. The first-order valence-electron chi connectivity index (χ1n) is 13.2. The van der Waals surface area contributed by atoms with Crippen molar-refractivity contribution in [2.45, 2.75) is 62.4 Å². The fourth-order valence-electron chi connectivity index (χ4n) is 7.48. The molecular weight excluding hydrogens is 457 g/mol. The van der Waals surface area contributed by atoms with Crippen LogP contribution in [0.5, 0.6) is 0 Å². The third-order valence-corrected chi connectivity index (χ3v) is 8.93.